The van der Waals surface area contributed by atoms with Gasteiger partial charge in [-0.25, -0.2) is 14.6 Å². The predicted molar refractivity (Wildman–Crippen MR) is 76.3 cm³/mol. The molecule has 0 atom stereocenters. The molecule has 0 aliphatic carbocycles. The van der Waals surface area contributed by atoms with E-state index >= 15 is 0 Å². The Balaban J connectivity index is 1.66. The number of nitrogens with one attached hydrogen (secondary N) is 1. The number of aromatic nitrogens is 5. The molecule has 3 heterocycles. The molecule has 3 aromatic heterocycles. The molecule has 0 aromatic carbocycles. The van der Waals surface area contributed by atoms with Gasteiger partial charge in [-0.2, -0.15) is 0 Å². The summed E-state index contributed by atoms with van der Waals surface area (Å²) in [5, 5.41) is 14.3. The zero-order valence-corrected chi connectivity index (χ0v) is 12.1. The van der Waals surface area contributed by atoms with Gasteiger partial charge >= 0.3 is 0 Å². The fraction of sp³-hybridized carbons (Fsp3) is 0.0909. The summed E-state index contributed by atoms with van der Waals surface area (Å²) in [4.78, 5) is 8.26. The highest BCUT2D eigenvalue weighted by Gasteiger charge is 2.04. The van der Waals surface area contributed by atoms with E-state index in [0.717, 1.165) is 15.2 Å². The second kappa shape index (κ2) is 5.45. The normalized spacial score (nSPS) is 10.6. The number of anilines is 1. The van der Waals surface area contributed by atoms with E-state index in [0.29, 0.717) is 12.5 Å². The van der Waals surface area contributed by atoms with Crippen LogP contribution in [0.2, 0.25) is 0 Å². The Morgan fingerprint density at radius 3 is 2.89 bits per heavy atom. The molecule has 0 saturated carbocycles. The van der Waals surface area contributed by atoms with Gasteiger partial charge < -0.3 is 5.32 Å². The molecule has 6 nitrogen and oxygen atoms in total. The number of rotatable bonds is 4. The van der Waals surface area contributed by atoms with Crippen LogP contribution < -0.4 is 5.32 Å². The minimum absolute atomic E-state index is 0.535. The van der Waals surface area contributed by atoms with Crippen LogP contribution in [0.1, 0.15) is 5.69 Å². The Hall–Kier alpha value is -1.80. The summed E-state index contributed by atoms with van der Waals surface area (Å²) in [6.07, 6.45) is 5.27. The van der Waals surface area contributed by atoms with Crippen LogP contribution in [0, 0.1) is 0 Å². The Bertz CT molecular complexity index is 648. The summed E-state index contributed by atoms with van der Waals surface area (Å²) in [6.45, 7) is 0.535. The highest BCUT2D eigenvalue weighted by atomic mass is 79.9. The van der Waals surface area contributed by atoms with E-state index < -0.39 is 0 Å². The molecular weight excluding hydrogens is 328 g/mol. The Morgan fingerprint density at radius 2 is 2.16 bits per heavy atom. The van der Waals surface area contributed by atoms with Crippen LogP contribution in [-0.2, 0) is 6.54 Å². The SMILES string of the molecule is Brc1cnc(NCc2cn(-c3cccs3)nn2)nc1. The first-order valence-electron chi connectivity index (χ1n) is 5.48. The van der Waals surface area contributed by atoms with Gasteiger partial charge in [0.05, 0.1) is 17.2 Å². The highest BCUT2D eigenvalue weighted by Crippen LogP contribution is 2.14. The fourth-order valence-corrected chi connectivity index (χ4v) is 2.32. The molecule has 0 bridgehead atoms. The van der Waals surface area contributed by atoms with Gasteiger partial charge in [0.25, 0.3) is 0 Å². The van der Waals surface area contributed by atoms with Crippen LogP contribution in [0.5, 0.6) is 0 Å². The fourth-order valence-electron chi connectivity index (χ4n) is 1.46. The third-order valence-corrected chi connectivity index (χ3v) is 3.59. The summed E-state index contributed by atoms with van der Waals surface area (Å²) in [7, 11) is 0. The molecule has 0 fully saturated rings. The van der Waals surface area contributed by atoms with Crippen molar-refractivity contribution < 1.29 is 0 Å². The van der Waals surface area contributed by atoms with Crippen molar-refractivity contribution in [2.45, 2.75) is 6.54 Å². The Labute approximate surface area is 121 Å². The topological polar surface area (TPSA) is 68.5 Å². The van der Waals surface area contributed by atoms with Crippen LogP contribution in [0.3, 0.4) is 0 Å². The van der Waals surface area contributed by atoms with E-state index in [1.54, 1.807) is 28.4 Å². The lowest BCUT2D eigenvalue weighted by Gasteiger charge is -2.00. The van der Waals surface area contributed by atoms with Gasteiger partial charge in [-0.3, -0.25) is 0 Å². The van der Waals surface area contributed by atoms with E-state index in [-0.39, 0.29) is 0 Å². The van der Waals surface area contributed by atoms with E-state index in [1.807, 2.05) is 23.7 Å². The zero-order chi connectivity index (χ0) is 13.1. The molecule has 3 aromatic rings. The lowest BCUT2D eigenvalue weighted by Crippen LogP contribution is -2.03. The van der Waals surface area contributed by atoms with Crippen LogP contribution in [0.4, 0.5) is 5.95 Å². The van der Waals surface area contributed by atoms with E-state index in [9.17, 15) is 0 Å². The van der Waals surface area contributed by atoms with Crippen molar-refractivity contribution in [2.24, 2.45) is 0 Å². The predicted octanol–water partition coefficient (Wildman–Crippen LogP) is 2.49. The van der Waals surface area contributed by atoms with Crippen LogP contribution in [0.25, 0.3) is 5.00 Å². The van der Waals surface area contributed by atoms with Gasteiger partial charge in [0.1, 0.15) is 10.7 Å². The third kappa shape index (κ3) is 2.96. The molecule has 1 N–H and O–H groups in total. The average molecular weight is 337 g/mol. The molecule has 3 rings (SSSR count). The smallest absolute Gasteiger partial charge is 0.222 e. The Kier molecular flexibility index (Phi) is 3.51. The van der Waals surface area contributed by atoms with Gasteiger partial charge in [0.2, 0.25) is 5.95 Å². The van der Waals surface area contributed by atoms with E-state index in [2.05, 4.69) is 41.5 Å². The highest BCUT2D eigenvalue weighted by molar-refractivity contribution is 9.10. The molecule has 96 valence electrons. The second-order valence-corrected chi connectivity index (χ2v) is 5.53. The van der Waals surface area contributed by atoms with Crippen molar-refractivity contribution in [3.05, 3.63) is 46.3 Å². The third-order valence-electron chi connectivity index (χ3n) is 2.32. The molecule has 0 aliphatic heterocycles. The van der Waals surface area contributed by atoms with Crippen molar-refractivity contribution in [3.63, 3.8) is 0 Å². The largest absolute Gasteiger partial charge is 0.348 e. The summed E-state index contributed by atoms with van der Waals surface area (Å²) in [5.41, 5.74) is 0.833. The Morgan fingerprint density at radius 1 is 1.32 bits per heavy atom. The zero-order valence-electron chi connectivity index (χ0n) is 9.69. The lowest BCUT2D eigenvalue weighted by molar-refractivity contribution is 0.808. The average Bonchev–Trinajstić information content (AvgIpc) is 3.09. The molecule has 8 heteroatoms. The lowest BCUT2D eigenvalue weighted by atomic mass is 10.5. The molecule has 0 spiro atoms. The van der Waals surface area contributed by atoms with Gasteiger partial charge in [0, 0.05) is 12.4 Å². The monoisotopic (exact) mass is 336 g/mol. The summed E-state index contributed by atoms with van der Waals surface area (Å²) < 4.78 is 2.60. The summed E-state index contributed by atoms with van der Waals surface area (Å²) >= 11 is 4.91. The van der Waals surface area contributed by atoms with Crippen molar-refractivity contribution in [3.8, 4) is 5.00 Å². The second-order valence-electron chi connectivity index (χ2n) is 3.68. The number of hydrogen-bond acceptors (Lipinski definition) is 6. The maximum absolute atomic E-state index is 4.13. The molecule has 0 amide bonds. The van der Waals surface area contributed by atoms with Crippen LogP contribution in [0.15, 0.2) is 40.6 Å². The molecular formula is C11H9BrN6S. The van der Waals surface area contributed by atoms with Crippen LogP contribution >= 0.6 is 27.3 Å². The minimum atomic E-state index is 0.535. The van der Waals surface area contributed by atoms with Crippen molar-refractivity contribution in [1.82, 2.24) is 25.0 Å². The first-order valence-corrected chi connectivity index (χ1v) is 7.15. The quantitative estimate of drug-likeness (QED) is 0.792. The molecule has 0 unspecified atom stereocenters. The standard InChI is InChI=1S/C11H9BrN6S/c12-8-4-13-11(14-5-8)15-6-9-7-18(17-16-9)10-2-1-3-19-10/h1-5,7H,6H2,(H,13,14,15). The number of thiophene rings is 1. The van der Waals surface area contributed by atoms with Gasteiger partial charge in [-0.05, 0) is 33.4 Å². The number of nitrogens with zero attached hydrogens (tertiary/aromatic N) is 5. The number of hydrogen-bond donors (Lipinski definition) is 1. The van der Waals surface area contributed by atoms with Gasteiger partial charge in [-0.1, -0.05) is 5.21 Å². The van der Waals surface area contributed by atoms with E-state index in [1.165, 1.54) is 0 Å². The molecule has 0 aliphatic rings. The molecule has 0 radical (unpaired) electrons. The summed E-state index contributed by atoms with van der Waals surface area (Å²) in [5.74, 6) is 0.564. The first-order chi connectivity index (χ1) is 9.31. The van der Waals surface area contributed by atoms with E-state index in [4.69, 9.17) is 0 Å². The van der Waals surface area contributed by atoms with Crippen molar-refractivity contribution >= 4 is 33.2 Å². The van der Waals surface area contributed by atoms with Gasteiger partial charge in [0.15, 0.2) is 0 Å². The molecule has 19 heavy (non-hydrogen) atoms. The van der Waals surface area contributed by atoms with Crippen molar-refractivity contribution in [2.75, 3.05) is 5.32 Å². The van der Waals surface area contributed by atoms with Gasteiger partial charge in [-0.15, -0.1) is 16.4 Å². The maximum Gasteiger partial charge on any atom is 0.222 e. The van der Waals surface area contributed by atoms with Crippen LogP contribution in [-0.4, -0.2) is 25.0 Å². The maximum atomic E-state index is 4.13. The molecule has 0 saturated heterocycles. The first kappa shape index (κ1) is 12.2. The van der Waals surface area contributed by atoms with Crippen molar-refractivity contribution in [1.29, 1.82) is 0 Å². The number of halogens is 1. The summed E-state index contributed by atoms with van der Waals surface area (Å²) in [6, 6.07) is 3.98. The minimum Gasteiger partial charge on any atom is -0.348 e.